The summed E-state index contributed by atoms with van der Waals surface area (Å²) in [6.45, 7) is 4.08. The maximum Gasteiger partial charge on any atom is 0.341 e. The number of para-hydroxylation sites is 1. The molecule has 1 N–H and O–H groups in total. The molecule has 0 bridgehead atoms. The monoisotopic (exact) mass is 286 g/mol. The van der Waals surface area contributed by atoms with Gasteiger partial charge in [-0.25, -0.2) is 4.79 Å². The van der Waals surface area contributed by atoms with Crippen molar-refractivity contribution in [3.63, 3.8) is 0 Å². The van der Waals surface area contributed by atoms with Crippen molar-refractivity contribution < 1.29 is 14.3 Å². The van der Waals surface area contributed by atoms with Crippen LogP contribution >= 0.6 is 0 Å². The van der Waals surface area contributed by atoms with E-state index in [0.717, 1.165) is 11.8 Å². The van der Waals surface area contributed by atoms with E-state index in [1.165, 1.54) is 0 Å². The van der Waals surface area contributed by atoms with Crippen molar-refractivity contribution in [1.29, 1.82) is 0 Å². The van der Waals surface area contributed by atoms with E-state index in [0.29, 0.717) is 17.6 Å². The van der Waals surface area contributed by atoms with Gasteiger partial charge in [0.1, 0.15) is 0 Å². The number of esters is 1. The quantitative estimate of drug-likeness (QED) is 0.856. The van der Waals surface area contributed by atoms with Gasteiger partial charge in [-0.3, -0.25) is 9.78 Å². The number of amides is 1. The van der Waals surface area contributed by atoms with Crippen LogP contribution in [0.4, 0.5) is 0 Å². The highest BCUT2D eigenvalue weighted by Gasteiger charge is 2.20. The van der Waals surface area contributed by atoms with Crippen molar-refractivity contribution in [2.45, 2.75) is 26.4 Å². The molecule has 2 aromatic rings. The fourth-order valence-corrected chi connectivity index (χ4v) is 1.94. The van der Waals surface area contributed by atoms with Crippen molar-refractivity contribution in [1.82, 2.24) is 10.3 Å². The molecule has 0 unspecified atom stereocenters. The summed E-state index contributed by atoms with van der Waals surface area (Å²) in [7, 11) is 0. The summed E-state index contributed by atoms with van der Waals surface area (Å²) in [5, 5.41) is 3.55. The molecule has 0 spiro atoms. The lowest BCUT2D eigenvalue weighted by Gasteiger charge is -2.13. The van der Waals surface area contributed by atoms with Gasteiger partial charge in [-0.2, -0.15) is 0 Å². The van der Waals surface area contributed by atoms with Crippen LogP contribution in [-0.4, -0.2) is 29.5 Å². The normalized spacial score (nSPS) is 11.9. The second-order valence-corrected chi connectivity index (χ2v) is 4.72. The van der Waals surface area contributed by atoms with Gasteiger partial charge < -0.3 is 10.1 Å². The van der Waals surface area contributed by atoms with E-state index in [1.54, 1.807) is 31.3 Å². The molecule has 0 aliphatic heterocycles. The van der Waals surface area contributed by atoms with Gasteiger partial charge in [-0.15, -0.1) is 0 Å². The Morgan fingerprint density at radius 1 is 1.29 bits per heavy atom. The maximum atomic E-state index is 12.2. The van der Waals surface area contributed by atoms with Crippen LogP contribution in [0.1, 0.15) is 30.6 Å². The molecular weight excluding hydrogens is 268 g/mol. The van der Waals surface area contributed by atoms with E-state index in [9.17, 15) is 9.59 Å². The molecule has 21 heavy (non-hydrogen) atoms. The molecule has 1 aromatic carbocycles. The van der Waals surface area contributed by atoms with Gasteiger partial charge >= 0.3 is 5.97 Å². The van der Waals surface area contributed by atoms with Gasteiger partial charge in [-0.1, -0.05) is 25.1 Å². The number of fused-ring (bicyclic) bond motifs is 1. The van der Waals surface area contributed by atoms with E-state index in [-0.39, 0.29) is 5.91 Å². The summed E-state index contributed by atoms with van der Waals surface area (Å²) in [6.07, 6.45) is 1.62. The first-order valence-electron chi connectivity index (χ1n) is 6.96. The molecule has 110 valence electrons. The average Bonchev–Trinajstić information content (AvgIpc) is 2.51. The van der Waals surface area contributed by atoms with Crippen molar-refractivity contribution in [3.05, 3.63) is 42.1 Å². The molecule has 1 aromatic heterocycles. The zero-order chi connectivity index (χ0) is 15.2. The van der Waals surface area contributed by atoms with Crippen molar-refractivity contribution >= 4 is 22.8 Å². The summed E-state index contributed by atoms with van der Waals surface area (Å²) in [4.78, 5) is 28.1. The molecule has 1 heterocycles. The number of nitrogens with zero attached hydrogens (tertiary/aromatic N) is 1. The molecule has 0 aliphatic rings. The Bertz CT molecular complexity index is 650. The molecule has 1 atom stereocenters. The molecule has 0 aliphatic carbocycles. The zero-order valence-electron chi connectivity index (χ0n) is 12.1. The molecule has 2 rings (SSSR count). The highest BCUT2D eigenvalue weighted by atomic mass is 16.5. The summed E-state index contributed by atoms with van der Waals surface area (Å²) >= 11 is 0. The highest BCUT2D eigenvalue weighted by molar-refractivity contribution is 6.03. The molecule has 5 nitrogen and oxygen atoms in total. The Balaban J connectivity index is 2.14. The van der Waals surface area contributed by atoms with Gasteiger partial charge in [0, 0.05) is 18.1 Å². The minimum Gasteiger partial charge on any atom is -0.449 e. The predicted molar refractivity (Wildman–Crippen MR) is 79.9 cm³/mol. The third-order valence-electron chi connectivity index (χ3n) is 3.05. The maximum absolute atomic E-state index is 12.2. The van der Waals surface area contributed by atoms with Crippen LogP contribution in [0.5, 0.6) is 0 Å². The molecule has 0 saturated carbocycles. The first-order valence-corrected chi connectivity index (χ1v) is 6.96. The summed E-state index contributed by atoms with van der Waals surface area (Å²) in [6, 6.07) is 8.96. The van der Waals surface area contributed by atoms with E-state index >= 15 is 0 Å². The fourth-order valence-electron chi connectivity index (χ4n) is 1.94. The van der Waals surface area contributed by atoms with Crippen LogP contribution < -0.4 is 5.32 Å². The fraction of sp³-hybridized carbons (Fsp3) is 0.312. The number of hydrogen-bond acceptors (Lipinski definition) is 4. The van der Waals surface area contributed by atoms with Gasteiger partial charge in [0.05, 0.1) is 11.1 Å². The van der Waals surface area contributed by atoms with Crippen LogP contribution in [0.2, 0.25) is 0 Å². The molecule has 1 amide bonds. The molecular formula is C16H18N2O3. The Labute approximate surface area is 123 Å². The Morgan fingerprint density at radius 3 is 2.81 bits per heavy atom. The second kappa shape index (κ2) is 6.83. The largest absolute Gasteiger partial charge is 0.449 e. The topological polar surface area (TPSA) is 68.3 Å². The summed E-state index contributed by atoms with van der Waals surface area (Å²) in [5.41, 5.74) is 0.939. The van der Waals surface area contributed by atoms with Gasteiger partial charge in [0.25, 0.3) is 5.91 Å². The number of carbonyl (C=O) groups excluding carboxylic acids is 2. The van der Waals surface area contributed by atoms with Gasteiger partial charge in [-0.05, 0) is 25.5 Å². The number of benzene rings is 1. The van der Waals surface area contributed by atoms with Crippen LogP contribution in [-0.2, 0) is 9.53 Å². The van der Waals surface area contributed by atoms with Crippen LogP contribution in [0.25, 0.3) is 10.9 Å². The second-order valence-electron chi connectivity index (χ2n) is 4.72. The molecule has 0 radical (unpaired) electrons. The zero-order valence-corrected chi connectivity index (χ0v) is 12.1. The number of nitrogens with one attached hydrogen (secondary N) is 1. The number of hydrogen-bond donors (Lipinski definition) is 1. The molecule has 0 saturated heterocycles. The minimum atomic E-state index is -0.831. The van der Waals surface area contributed by atoms with Gasteiger partial charge in [0.15, 0.2) is 6.10 Å². The Hall–Kier alpha value is -2.43. The third-order valence-corrected chi connectivity index (χ3v) is 3.05. The van der Waals surface area contributed by atoms with E-state index < -0.39 is 12.1 Å². The number of ether oxygens (including phenoxy) is 1. The number of carbonyl (C=O) groups is 2. The Kier molecular flexibility index (Phi) is 4.87. The summed E-state index contributed by atoms with van der Waals surface area (Å²) in [5.74, 6) is -0.836. The van der Waals surface area contributed by atoms with Crippen LogP contribution in [0.3, 0.4) is 0 Å². The van der Waals surface area contributed by atoms with Crippen LogP contribution in [0.15, 0.2) is 36.5 Å². The highest BCUT2D eigenvalue weighted by Crippen LogP contribution is 2.17. The van der Waals surface area contributed by atoms with Crippen molar-refractivity contribution in [2.24, 2.45) is 0 Å². The predicted octanol–water partition coefficient (Wildman–Crippen LogP) is 2.31. The van der Waals surface area contributed by atoms with Crippen LogP contribution in [0, 0.1) is 0 Å². The lowest BCUT2D eigenvalue weighted by Crippen LogP contribution is -2.36. The smallest absolute Gasteiger partial charge is 0.341 e. The first kappa shape index (κ1) is 15.0. The lowest BCUT2D eigenvalue weighted by molar-refractivity contribution is -0.129. The number of rotatable bonds is 5. The van der Waals surface area contributed by atoms with Crippen molar-refractivity contribution in [3.8, 4) is 0 Å². The van der Waals surface area contributed by atoms with Gasteiger partial charge in [0.2, 0.25) is 0 Å². The number of pyridine rings is 1. The average molecular weight is 286 g/mol. The summed E-state index contributed by atoms with van der Waals surface area (Å²) < 4.78 is 5.21. The van der Waals surface area contributed by atoms with E-state index in [2.05, 4.69) is 10.3 Å². The molecule has 0 fully saturated rings. The number of aromatic nitrogens is 1. The Morgan fingerprint density at radius 2 is 2.05 bits per heavy atom. The standard InChI is InChI=1S/C16H18N2O3/c1-3-9-18-15(19)11(2)21-16(20)13-8-4-6-12-7-5-10-17-14(12)13/h4-8,10-11H,3,9H2,1-2H3,(H,18,19)/t11-/m0/s1. The van der Waals surface area contributed by atoms with Crippen molar-refractivity contribution in [2.75, 3.05) is 6.54 Å². The minimum absolute atomic E-state index is 0.293. The SMILES string of the molecule is CCCNC(=O)[C@H](C)OC(=O)c1cccc2cccnc12. The lowest BCUT2D eigenvalue weighted by atomic mass is 10.1. The first-order chi connectivity index (χ1) is 10.1. The van der Waals surface area contributed by atoms with E-state index in [4.69, 9.17) is 4.74 Å². The molecule has 5 heteroatoms. The third kappa shape index (κ3) is 3.56. The van der Waals surface area contributed by atoms with E-state index in [1.807, 2.05) is 19.1 Å².